The van der Waals surface area contributed by atoms with Crippen LogP contribution in [-0.4, -0.2) is 51.9 Å². The first-order valence-electron chi connectivity index (χ1n) is 13.6. The summed E-state index contributed by atoms with van der Waals surface area (Å²) in [4.78, 5) is 15.5. The van der Waals surface area contributed by atoms with E-state index in [9.17, 15) is 13.2 Å². The van der Waals surface area contributed by atoms with Gasteiger partial charge in [0.1, 0.15) is 5.75 Å². The van der Waals surface area contributed by atoms with Crippen molar-refractivity contribution in [1.29, 1.82) is 0 Å². The van der Waals surface area contributed by atoms with Crippen LogP contribution in [0.2, 0.25) is 0 Å². The third kappa shape index (κ3) is 6.85. The van der Waals surface area contributed by atoms with E-state index in [1.165, 1.54) is 18.5 Å². The van der Waals surface area contributed by atoms with E-state index in [4.69, 9.17) is 4.74 Å². The highest BCUT2D eigenvalue weighted by Gasteiger charge is 2.27. The molecule has 0 radical (unpaired) electrons. The van der Waals surface area contributed by atoms with E-state index in [1.54, 1.807) is 29.6 Å². The Bertz CT molecular complexity index is 1160. The molecule has 0 unspecified atom stereocenters. The Balaban J connectivity index is 1.36. The molecule has 7 nitrogen and oxygen atoms in total. The minimum Gasteiger partial charge on any atom is -0.496 e. The van der Waals surface area contributed by atoms with Gasteiger partial charge in [0, 0.05) is 38.3 Å². The predicted molar refractivity (Wildman–Crippen MR) is 148 cm³/mol. The fourth-order valence-electron chi connectivity index (χ4n) is 5.41. The summed E-state index contributed by atoms with van der Waals surface area (Å²) in [6.45, 7) is 7.60. The normalized spacial score (nSPS) is 19.9. The molecule has 8 heteroatoms. The second kappa shape index (κ2) is 12.3. The third-order valence-electron chi connectivity index (χ3n) is 7.62. The van der Waals surface area contributed by atoms with Crippen LogP contribution in [-0.2, 0) is 21.2 Å². The van der Waals surface area contributed by atoms with Gasteiger partial charge in [0.2, 0.25) is 15.9 Å². The summed E-state index contributed by atoms with van der Waals surface area (Å²) in [7, 11) is -1.98. The first kappa shape index (κ1) is 27.5. The number of rotatable bonds is 9. The van der Waals surface area contributed by atoms with Gasteiger partial charge in [-0.05, 0) is 86.4 Å². The third-order valence-corrected chi connectivity index (χ3v) is 9.51. The van der Waals surface area contributed by atoms with Gasteiger partial charge in [-0.2, -0.15) is 4.31 Å². The number of anilines is 1. The number of hydrogen-bond donors (Lipinski definition) is 1. The summed E-state index contributed by atoms with van der Waals surface area (Å²) in [6.07, 6.45) is 6.01. The van der Waals surface area contributed by atoms with Gasteiger partial charge >= 0.3 is 0 Å². The lowest BCUT2D eigenvalue weighted by molar-refractivity contribution is -0.121. The lowest BCUT2D eigenvalue weighted by Crippen LogP contribution is -2.35. The number of methoxy groups -OCH3 is 1. The molecule has 1 N–H and O–H groups in total. The molecule has 2 heterocycles. The van der Waals surface area contributed by atoms with E-state index in [0.717, 1.165) is 49.4 Å². The molecule has 4 rings (SSSR count). The molecule has 37 heavy (non-hydrogen) atoms. The molecule has 0 spiro atoms. The second-order valence-corrected chi connectivity index (χ2v) is 12.5. The fourth-order valence-corrected chi connectivity index (χ4v) is 6.98. The topological polar surface area (TPSA) is 79.0 Å². The van der Waals surface area contributed by atoms with Crippen molar-refractivity contribution in [2.45, 2.75) is 69.7 Å². The molecule has 2 aliphatic heterocycles. The summed E-state index contributed by atoms with van der Waals surface area (Å²) in [5.41, 5.74) is 3.03. The Labute approximate surface area is 222 Å². The zero-order chi connectivity index (χ0) is 26.4. The Morgan fingerprint density at radius 2 is 1.78 bits per heavy atom. The van der Waals surface area contributed by atoms with E-state index >= 15 is 0 Å². The Morgan fingerprint density at radius 3 is 2.46 bits per heavy atom. The Morgan fingerprint density at radius 1 is 1.05 bits per heavy atom. The molecular formula is C29H41N3O4S. The van der Waals surface area contributed by atoms with Crippen LogP contribution in [0.15, 0.2) is 47.4 Å². The van der Waals surface area contributed by atoms with Crippen molar-refractivity contribution in [2.24, 2.45) is 5.92 Å². The minimum atomic E-state index is -3.54. The van der Waals surface area contributed by atoms with Crippen molar-refractivity contribution < 1.29 is 17.9 Å². The van der Waals surface area contributed by atoms with Crippen LogP contribution in [0.4, 0.5) is 5.69 Å². The molecule has 202 valence electrons. The van der Waals surface area contributed by atoms with Crippen LogP contribution in [0, 0.1) is 5.92 Å². The van der Waals surface area contributed by atoms with Crippen molar-refractivity contribution in [1.82, 2.24) is 9.62 Å². The van der Waals surface area contributed by atoms with Gasteiger partial charge in [0.05, 0.1) is 18.0 Å². The van der Waals surface area contributed by atoms with Crippen molar-refractivity contribution in [3.05, 3.63) is 53.6 Å². The van der Waals surface area contributed by atoms with Gasteiger partial charge in [0.25, 0.3) is 0 Å². The van der Waals surface area contributed by atoms with Crippen LogP contribution in [0.5, 0.6) is 5.75 Å². The van der Waals surface area contributed by atoms with Crippen molar-refractivity contribution in [3.63, 3.8) is 0 Å². The van der Waals surface area contributed by atoms with Crippen LogP contribution in [0.25, 0.3) is 0 Å². The molecule has 2 fully saturated rings. The summed E-state index contributed by atoms with van der Waals surface area (Å²) in [6, 6.07) is 13.3. The number of aryl methyl sites for hydroxylation is 1. The second-order valence-electron chi connectivity index (χ2n) is 10.5. The van der Waals surface area contributed by atoms with Crippen LogP contribution in [0.1, 0.15) is 69.5 Å². The molecule has 2 aromatic carbocycles. The number of ether oxygens (including phenoxy) is 1. The molecule has 2 saturated heterocycles. The smallest absolute Gasteiger partial charge is 0.243 e. The first-order chi connectivity index (χ1) is 17.8. The first-order valence-corrected chi connectivity index (χ1v) is 15.0. The summed E-state index contributed by atoms with van der Waals surface area (Å²) in [5.74, 6) is 1.24. The average molecular weight is 528 g/mol. The van der Waals surface area contributed by atoms with Crippen LogP contribution >= 0.6 is 0 Å². The maximum absolute atomic E-state index is 13.1. The molecule has 1 amide bonds. The van der Waals surface area contributed by atoms with E-state index in [0.29, 0.717) is 25.3 Å². The monoisotopic (exact) mass is 527 g/mol. The van der Waals surface area contributed by atoms with Crippen molar-refractivity contribution in [2.75, 3.05) is 38.2 Å². The molecular weight excluding hydrogens is 486 g/mol. The van der Waals surface area contributed by atoms with Gasteiger partial charge in [-0.25, -0.2) is 8.42 Å². The zero-order valence-corrected chi connectivity index (χ0v) is 23.2. The van der Waals surface area contributed by atoms with Crippen molar-refractivity contribution >= 4 is 21.6 Å². The highest BCUT2D eigenvalue weighted by Crippen LogP contribution is 2.28. The lowest BCUT2D eigenvalue weighted by atomic mass is 9.99. The maximum Gasteiger partial charge on any atom is 0.243 e. The average Bonchev–Trinajstić information content (AvgIpc) is 2.92. The highest BCUT2D eigenvalue weighted by molar-refractivity contribution is 7.89. The van der Waals surface area contributed by atoms with Gasteiger partial charge in [-0.15, -0.1) is 0 Å². The number of nitrogens with zero attached hydrogens (tertiary/aromatic N) is 2. The summed E-state index contributed by atoms with van der Waals surface area (Å²) >= 11 is 0. The molecule has 2 atom stereocenters. The quantitative estimate of drug-likeness (QED) is 0.501. The largest absolute Gasteiger partial charge is 0.496 e. The predicted octanol–water partition coefficient (Wildman–Crippen LogP) is 4.92. The number of sulfonamides is 1. The number of benzene rings is 2. The standard InChI is InChI=1S/C29H41N3O4S/c1-22-8-7-17-31(21-22)26-12-9-24(10-13-26)23(2)30-29(33)16-11-25-20-27(14-15-28(25)36-3)37(34,35)32-18-5-4-6-19-32/h9-10,12-15,20,22-23H,4-8,11,16-19,21H2,1-3H3,(H,30,33)/t22-,23-/m0/s1. The number of carbonyl (C=O) groups excluding carboxylic acids is 1. The Kier molecular flexibility index (Phi) is 9.13. The summed E-state index contributed by atoms with van der Waals surface area (Å²) < 4.78 is 33.3. The maximum atomic E-state index is 13.1. The van der Waals surface area contributed by atoms with E-state index in [-0.39, 0.29) is 23.3 Å². The SMILES string of the molecule is COc1ccc(S(=O)(=O)N2CCCCC2)cc1CCC(=O)N[C@@H](C)c1ccc(N2CCC[C@H](C)C2)cc1. The van der Waals surface area contributed by atoms with Crippen molar-refractivity contribution in [3.8, 4) is 5.75 Å². The van der Waals surface area contributed by atoms with Crippen LogP contribution < -0.4 is 15.0 Å². The fraction of sp³-hybridized carbons (Fsp3) is 0.552. The van der Waals surface area contributed by atoms with Gasteiger partial charge < -0.3 is 15.0 Å². The van der Waals surface area contributed by atoms with Crippen LogP contribution in [0.3, 0.4) is 0 Å². The molecule has 0 aromatic heterocycles. The van der Waals surface area contributed by atoms with Gasteiger partial charge in [-0.3, -0.25) is 4.79 Å². The van der Waals surface area contributed by atoms with E-state index < -0.39 is 10.0 Å². The lowest BCUT2D eigenvalue weighted by Gasteiger charge is -2.33. The summed E-state index contributed by atoms with van der Waals surface area (Å²) in [5, 5.41) is 3.09. The molecule has 0 aliphatic carbocycles. The van der Waals surface area contributed by atoms with Gasteiger partial charge in [0.15, 0.2) is 0 Å². The number of amides is 1. The zero-order valence-electron chi connectivity index (χ0n) is 22.4. The number of hydrogen-bond acceptors (Lipinski definition) is 5. The van der Waals surface area contributed by atoms with E-state index in [2.05, 4.69) is 41.4 Å². The molecule has 0 saturated carbocycles. The number of carbonyl (C=O) groups is 1. The molecule has 2 aromatic rings. The van der Waals surface area contributed by atoms with E-state index in [1.807, 2.05) is 6.92 Å². The molecule has 0 bridgehead atoms. The minimum absolute atomic E-state index is 0.0761. The highest BCUT2D eigenvalue weighted by atomic mass is 32.2. The Hall–Kier alpha value is -2.58. The number of piperidine rings is 2. The van der Waals surface area contributed by atoms with Gasteiger partial charge in [-0.1, -0.05) is 25.5 Å². The molecule has 2 aliphatic rings. The number of nitrogens with one attached hydrogen (secondary N) is 1.